The lowest BCUT2D eigenvalue weighted by molar-refractivity contribution is -0.118. The average molecular weight is 387 g/mol. The van der Waals surface area contributed by atoms with Crippen LogP contribution in [0.5, 0.6) is 0 Å². The Hall–Kier alpha value is -2.48. The number of carbonyl (C=O) groups is 1. The van der Waals surface area contributed by atoms with Crippen LogP contribution in [0.3, 0.4) is 0 Å². The van der Waals surface area contributed by atoms with Gasteiger partial charge in [-0.25, -0.2) is 4.39 Å². The van der Waals surface area contributed by atoms with Crippen molar-refractivity contribution in [1.29, 1.82) is 0 Å². The molecule has 6 nitrogen and oxygen atoms in total. The molecular weight excluding hydrogens is 365 g/mol. The number of hydrogen-bond donors (Lipinski definition) is 1. The standard InChI is InChI=1S/C19H22FN5OS/c1-12(2)10-25-17(6-5-16(21)26)23-24-19(25)27-11-14-9-15(20)8-13-4-3-7-22-18(13)14/h3-4,7-9,12H,5-6,10-11H2,1-2H3,(H2,21,26). The number of pyridine rings is 1. The molecule has 0 saturated carbocycles. The van der Waals surface area contributed by atoms with Crippen molar-refractivity contribution in [2.75, 3.05) is 0 Å². The summed E-state index contributed by atoms with van der Waals surface area (Å²) in [6.07, 6.45) is 2.40. The van der Waals surface area contributed by atoms with Crippen molar-refractivity contribution in [3.05, 3.63) is 47.7 Å². The molecule has 2 aromatic heterocycles. The number of benzene rings is 1. The molecule has 8 heteroatoms. The number of amides is 1. The van der Waals surface area contributed by atoms with Gasteiger partial charge in [-0.3, -0.25) is 9.78 Å². The Morgan fingerprint density at radius 1 is 1.33 bits per heavy atom. The zero-order valence-electron chi connectivity index (χ0n) is 15.4. The van der Waals surface area contributed by atoms with Crippen molar-refractivity contribution in [2.45, 2.75) is 44.1 Å². The molecule has 142 valence electrons. The smallest absolute Gasteiger partial charge is 0.217 e. The van der Waals surface area contributed by atoms with Crippen molar-refractivity contribution in [1.82, 2.24) is 19.7 Å². The molecule has 0 aliphatic heterocycles. The van der Waals surface area contributed by atoms with Gasteiger partial charge in [0.05, 0.1) is 5.52 Å². The molecule has 2 heterocycles. The van der Waals surface area contributed by atoms with Crippen molar-refractivity contribution in [2.24, 2.45) is 11.7 Å². The van der Waals surface area contributed by atoms with E-state index in [4.69, 9.17) is 5.73 Å². The topological polar surface area (TPSA) is 86.7 Å². The second kappa shape index (κ2) is 8.47. The summed E-state index contributed by atoms with van der Waals surface area (Å²) >= 11 is 1.49. The molecule has 1 aromatic carbocycles. The van der Waals surface area contributed by atoms with Crippen molar-refractivity contribution >= 4 is 28.6 Å². The molecule has 0 radical (unpaired) electrons. The molecule has 1 amide bonds. The number of nitrogens with two attached hydrogens (primary N) is 1. The lowest BCUT2D eigenvalue weighted by Gasteiger charge is -2.12. The first-order chi connectivity index (χ1) is 12.9. The molecule has 0 aliphatic carbocycles. The van der Waals surface area contributed by atoms with Crippen molar-refractivity contribution in [3.63, 3.8) is 0 Å². The molecule has 0 bridgehead atoms. The van der Waals surface area contributed by atoms with Gasteiger partial charge in [0.2, 0.25) is 5.91 Å². The van der Waals surface area contributed by atoms with Crippen LogP contribution in [-0.2, 0) is 23.5 Å². The molecule has 3 rings (SSSR count). The number of aromatic nitrogens is 4. The maximum atomic E-state index is 13.9. The van der Waals surface area contributed by atoms with E-state index in [1.54, 1.807) is 12.3 Å². The van der Waals surface area contributed by atoms with E-state index in [2.05, 4.69) is 29.0 Å². The SMILES string of the molecule is CC(C)Cn1c(CCC(N)=O)nnc1SCc1cc(F)cc2cccnc12. The maximum Gasteiger partial charge on any atom is 0.217 e. The van der Waals surface area contributed by atoms with E-state index < -0.39 is 0 Å². The van der Waals surface area contributed by atoms with Gasteiger partial charge in [-0.2, -0.15) is 0 Å². The normalized spacial score (nSPS) is 11.4. The highest BCUT2D eigenvalue weighted by Crippen LogP contribution is 2.27. The number of primary amides is 1. The molecule has 0 spiro atoms. The summed E-state index contributed by atoms with van der Waals surface area (Å²) in [5.41, 5.74) is 6.86. The number of aryl methyl sites for hydroxylation is 1. The van der Waals surface area contributed by atoms with Crippen molar-refractivity contribution < 1.29 is 9.18 Å². The maximum absolute atomic E-state index is 13.9. The van der Waals surface area contributed by atoms with Crippen LogP contribution in [0.25, 0.3) is 10.9 Å². The Bertz CT molecular complexity index is 956. The molecule has 2 N–H and O–H groups in total. The van der Waals surface area contributed by atoms with Crippen LogP contribution < -0.4 is 5.73 Å². The lowest BCUT2D eigenvalue weighted by Crippen LogP contribution is -2.15. The van der Waals surface area contributed by atoms with Gasteiger partial charge in [0.25, 0.3) is 0 Å². The van der Waals surface area contributed by atoms with E-state index in [1.807, 2.05) is 10.6 Å². The summed E-state index contributed by atoms with van der Waals surface area (Å²) < 4.78 is 16.0. The Morgan fingerprint density at radius 2 is 2.15 bits per heavy atom. The predicted molar refractivity (Wildman–Crippen MR) is 104 cm³/mol. The molecule has 3 aromatic rings. The largest absolute Gasteiger partial charge is 0.370 e. The second-order valence-electron chi connectivity index (χ2n) is 6.80. The van der Waals surface area contributed by atoms with E-state index in [0.29, 0.717) is 18.1 Å². The number of carbonyl (C=O) groups excluding carboxylic acids is 1. The van der Waals surface area contributed by atoms with E-state index in [1.165, 1.54) is 23.9 Å². The summed E-state index contributed by atoms with van der Waals surface area (Å²) in [7, 11) is 0. The van der Waals surface area contributed by atoms with Gasteiger partial charge in [-0.05, 0) is 29.7 Å². The van der Waals surface area contributed by atoms with Gasteiger partial charge < -0.3 is 10.3 Å². The minimum absolute atomic E-state index is 0.235. The molecule has 0 atom stereocenters. The first kappa shape index (κ1) is 19.3. The number of rotatable bonds is 8. The van der Waals surface area contributed by atoms with Gasteiger partial charge in [-0.15, -0.1) is 10.2 Å². The third kappa shape index (κ3) is 4.82. The monoisotopic (exact) mass is 387 g/mol. The Balaban J connectivity index is 1.84. The molecule has 0 saturated heterocycles. The number of fused-ring (bicyclic) bond motifs is 1. The van der Waals surface area contributed by atoms with E-state index in [9.17, 15) is 9.18 Å². The fraction of sp³-hybridized carbons (Fsp3) is 0.368. The first-order valence-electron chi connectivity index (χ1n) is 8.80. The molecule has 0 aliphatic rings. The minimum atomic E-state index is -0.361. The number of halogens is 1. The highest BCUT2D eigenvalue weighted by atomic mass is 32.2. The fourth-order valence-electron chi connectivity index (χ4n) is 2.87. The van der Waals surface area contributed by atoms with Crippen LogP contribution in [0.4, 0.5) is 4.39 Å². The summed E-state index contributed by atoms with van der Waals surface area (Å²) in [4.78, 5) is 15.5. The zero-order valence-corrected chi connectivity index (χ0v) is 16.2. The predicted octanol–water partition coefficient (Wildman–Crippen LogP) is 3.33. The lowest BCUT2D eigenvalue weighted by atomic mass is 10.1. The van der Waals surface area contributed by atoms with Gasteiger partial charge in [0.15, 0.2) is 5.16 Å². The molecule has 0 fully saturated rings. The molecule has 0 unspecified atom stereocenters. The minimum Gasteiger partial charge on any atom is -0.370 e. The molecular formula is C19H22FN5OS. The quantitative estimate of drug-likeness (QED) is 0.599. The molecule has 27 heavy (non-hydrogen) atoms. The highest BCUT2D eigenvalue weighted by molar-refractivity contribution is 7.98. The van der Waals surface area contributed by atoms with Crippen LogP contribution in [0.2, 0.25) is 0 Å². The Morgan fingerprint density at radius 3 is 2.89 bits per heavy atom. The highest BCUT2D eigenvalue weighted by Gasteiger charge is 2.15. The average Bonchev–Trinajstić information content (AvgIpc) is 2.98. The second-order valence-corrected chi connectivity index (χ2v) is 7.74. The van der Waals surface area contributed by atoms with Crippen LogP contribution in [0, 0.1) is 11.7 Å². The Labute approximate surface area is 161 Å². The van der Waals surface area contributed by atoms with Crippen molar-refractivity contribution in [3.8, 4) is 0 Å². The summed E-state index contributed by atoms with van der Waals surface area (Å²) in [6, 6.07) is 6.64. The van der Waals surface area contributed by atoms with E-state index in [-0.39, 0.29) is 18.1 Å². The first-order valence-corrected chi connectivity index (χ1v) is 9.79. The van der Waals surface area contributed by atoms with Crippen LogP contribution >= 0.6 is 11.8 Å². The van der Waals surface area contributed by atoms with Crippen LogP contribution in [0.15, 0.2) is 35.6 Å². The van der Waals surface area contributed by atoms with Gasteiger partial charge >= 0.3 is 0 Å². The summed E-state index contributed by atoms with van der Waals surface area (Å²) in [6.45, 7) is 4.96. The third-order valence-electron chi connectivity index (χ3n) is 4.04. The summed E-state index contributed by atoms with van der Waals surface area (Å²) in [5.74, 6) is 1.02. The number of thioether (sulfide) groups is 1. The Kier molecular flexibility index (Phi) is 6.05. The number of hydrogen-bond acceptors (Lipinski definition) is 5. The van der Waals surface area contributed by atoms with E-state index >= 15 is 0 Å². The van der Waals surface area contributed by atoms with Gasteiger partial charge in [-0.1, -0.05) is 31.7 Å². The van der Waals surface area contributed by atoms with Gasteiger partial charge in [0.1, 0.15) is 11.6 Å². The summed E-state index contributed by atoms with van der Waals surface area (Å²) in [5, 5.41) is 10.0. The number of nitrogens with zero attached hydrogens (tertiary/aromatic N) is 4. The fourth-order valence-corrected chi connectivity index (χ4v) is 3.81. The van der Waals surface area contributed by atoms with Crippen LogP contribution in [-0.4, -0.2) is 25.7 Å². The van der Waals surface area contributed by atoms with E-state index in [0.717, 1.165) is 34.0 Å². The van der Waals surface area contributed by atoms with Crippen LogP contribution in [0.1, 0.15) is 31.7 Å². The van der Waals surface area contributed by atoms with Gasteiger partial charge in [0, 0.05) is 36.7 Å². The zero-order chi connectivity index (χ0) is 19.4. The third-order valence-corrected chi connectivity index (χ3v) is 5.06.